The summed E-state index contributed by atoms with van der Waals surface area (Å²) in [6.45, 7) is 2.25. The summed E-state index contributed by atoms with van der Waals surface area (Å²) in [5, 5.41) is 12.5. The van der Waals surface area contributed by atoms with E-state index < -0.39 is 11.7 Å². The number of amides is 1. The SMILES string of the molecule is CNc1nc(Nc2cn(C3CCC(=O)NC3)nc2C)ncc1C(F)(F)F. The highest BCUT2D eigenvalue weighted by atomic mass is 19.4. The maximum Gasteiger partial charge on any atom is 0.421 e. The monoisotopic (exact) mass is 369 g/mol. The number of rotatable bonds is 4. The van der Waals surface area contributed by atoms with E-state index >= 15 is 0 Å². The molecule has 3 N–H and O–H groups in total. The van der Waals surface area contributed by atoms with Crippen LogP contribution in [0.15, 0.2) is 12.4 Å². The summed E-state index contributed by atoms with van der Waals surface area (Å²) in [5.74, 6) is -0.266. The second kappa shape index (κ2) is 6.81. The summed E-state index contributed by atoms with van der Waals surface area (Å²) < 4.78 is 40.5. The molecule has 140 valence electrons. The van der Waals surface area contributed by atoms with Crippen molar-refractivity contribution in [1.29, 1.82) is 0 Å². The predicted molar refractivity (Wildman–Crippen MR) is 88.1 cm³/mol. The zero-order valence-electron chi connectivity index (χ0n) is 14.2. The Hall–Kier alpha value is -2.85. The van der Waals surface area contributed by atoms with Gasteiger partial charge in [0.15, 0.2) is 0 Å². The Morgan fingerprint density at radius 2 is 2.15 bits per heavy atom. The molecule has 2 aromatic heterocycles. The smallest absolute Gasteiger partial charge is 0.372 e. The van der Waals surface area contributed by atoms with Crippen molar-refractivity contribution in [1.82, 2.24) is 25.1 Å². The van der Waals surface area contributed by atoms with Crippen molar-refractivity contribution >= 4 is 23.4 Å². The number of alkyl halides is 3. The molecule has 1 atom stereocenters. The lowest BCUT2D eigenvalue weighted by atomic mass is 10.1. The van der Waals surface area contributed by atoms with Gasteiger partial charge < -0.3 is 16.0 Å². The van der Waals surface area contributed by atoms with Crippen molar-refractivity contribution in [3.05, 3.63) is 23.7 Å². The fourth-order valence-corrected chi connectivity index (χ4v) is 2.70. The van der Waals surface area contributed by atoms with E-state index in [1.807, 2.05) is 0 Å². The van der Waals surface area contributed by atoms with Gasteiger partial charge in [0, 0.05) is 32.4 Å². The van der Waals surface area contributed by atoms with Crippen molar-refractivity contribution in [2.24, 2.45) is 0 Å². The van der Waals surface area contributed by atoms with Crippen LogP contribution in [0.5, 0.6) is 0 Å². The lowest BCUT2D eigenvalue weighted by Crippen LogP contribution is -2.36. The molecule has 0 aliphatic carbocycles. The van der Waals surface area contributed by atoms with Gasteiger partial charge in [0.1, 0.15) is 11.4 Å². The predicted octanol–water partition coefficient (Wildman–Crippen LogP) is 2.24. The summed E-state index contributed by atoms with van der Waals surface area (Å²) >= 11 is 0. The summed E-state index contributed by atoms with van der Waals surface area (Å²) in [6, 6.07) is 0.0309. The van der Waals surface area contributed by atoms with Gasteiger partial charge in [-0.05, 0) is 13.3 Å². The summed E-state index contributed by atoms with van der Waals surface area (Å²) in [6.07, 6.45) is -0.967. The Morgan fingerprint density at radius 1 is 1.38 bits per heavy atom. The Balaban J connectivity index is 1.80. The maximum atomic E-state index is 12.9. The number of carbonyl (C=O) groups is 1. The molecule has 3 rings (SSSR count). The molecule has 0 aromatic carbocycles. The van der Waals surface area contributed by atoms with Crippen LogP contribution in [-0.2, 0) is 11.0 Å². The maximum absolute atomic E-state index is 12.9. The van der Waals surface area contributed by atoms with Crippen molar-refractivity contribution < 1.29 is 18.0 Å². The number of nitrogens with one attached hydrogen (secondary N) is 3. The van der Waals surface area contributed by atoms with Gasteiger partial charge in [-0.25, -0.2) is 4.98 Å². The number of carbonyl (C=O) groups excluding carboxylic acids is 1. The van der Waals surface area contributed by atoms with Crippen LogP contribution >= 0.6 is 0 Å². The molecule has 1 aliphatic heterocycles. The van der Waals surface area contributed by atoms with E-state index in [9.17, 15) is 18.0 Å². The fourth-order valence-electron chi connectivity index (χ4n) is 2.70. The molecule has 26 heavy (non-hydrogen) atoms. The minimum atomic E-state index is -4.54. The molecule has 1 unspecified atom stereocenters. The normalized spacial score (nSPS) is 17.7. The van der Waals surface area contributed by atoms with E-state index in [0.717, 1.165) is 6.20 Å². The molecule has 0 radical (unpaired) electrons. The van der Waals surface area contributed by atoms with Gasteiger partial charge in [-0.2, -0.15) is 23.3 Å². The van der Waals surface area contributed by atoms with Crippen molar-refractivity contribution in [2.75, 3.05) is 24.2 Å². The van der Waals surface area contributed by atoms with Crippen LogP contribution in [0.2, 0.25) is 0 Å². The molecule has 0 spiro atoms. The van der Waals surface area contributed by atoms with Crippen LogP contribution in [0.1, 0.15) is 30.1 Å². The molecular weight excluding hydrogens is 351 g/mol. The topological polar surface area (TPSA) is 96.8 Å². The molecular formula is C15H18F3N7O. The first-order valence-corrected chi connectivity index (χ1v) is 7.99. The average Bonchev–Trinajstić information content (AvgIpc) is 2.95. The van der Waals surface area contributed by atoms with E-state index in [0.29, 0.717) is 30.8 Å². The number of halogens is 3. The Kier molecular flexibility index (Phi) is 4.70. The van der Waals surface area contributed by atoms with E-state index in [-0.39, 0.29) is 23.7 Å². The molecule has 0 bridgehead atoms. The molecule has 1 fully saturated rings. The first-order chi connectivity index (χ1) is 12.3. The summed E-state index contributed by atoms with van der Waals surface area (Å²) in [7, 11) is 1.36. The molecule has 1 aliphatic rings. The Labute approximate surface area is 147 Å². The van der Waals surface area contributed by atoms with Gasteiger partial charge in [-0.3, -0.25) is 9.48 Å². The molecule has 3 heterocycles. The number of aryl methyl sites for hydroxylation is 1. The third kappa shape index (κ3) is 3.70. The van der Waals surface area contributed by atoms with E-state index in [1.165, 1.54) is 7.05 Å². The highest BCUT2D eigenvalue weighted by Gasteiger charge is 2.35. The zero-order chi connectivity index (χ0) is 18.9. The minimum Gasteiger partial charge on any atom is -0.372 e. The minimum absolute atomic E-state index is 0.0150. The first kappa shape index (κ1) is 18.0. The third-order valence-electron chi connectivity index (χ3n) is 4.11. The number of nitrogens with zero attached hydrogens (tertiary/aromatic N) is 4. The van der Waals surface area contributed by atoms with Crippen LogP contribution in [0.4, 0.5) is 30.6 Å². The number of piperidine rings is 1. The first-order valence-electron chi connectivity index (χ1n) is 7.99. The Morgan fingerprint density at radius 3 is 2.77 bits per heavy atom. The Bertz CT molecular complexity index is 808. The lowest BCUT2D eigenvalue weighted by Gasteiger charge is -2.22. The second-order valence-corrected chi connectivity index (χ2v) is 5.93. The van der Waals surface area contributed by atoms with Gasteiger partial charge >= 0.3 is 6.18 Å². The van der Waals surface area contributed by atoms with Crippen LogP contribution < -0.4 is 16.0 Å². The van der Waals surface area contributed by atoms with Gasteiger partial charge in [-0.1, -0.05) is 0 Å². The third-order valence-corrected chi connectivity index (χ3v) is 4.11. The molecule has 8 nitrogen and oxygen atoms in total. The van der Waals surface area contributed by atoms with E-state index in [2.05, 4.69) is 31.0 Å². The second-order valence-electron chi connectivity index (χ2n) is 5.93. The van der Waals surface area contributed by atoms with Crippen molar-refractivity contribution in [2.45, 2.75) is 32.0 Å². The number of hydrogen-bond acceptors (Lipinski definition) is 6. The largest absolute Gasteiger partial charge is 0.421 e. The highest BCUT2D eigenvalue weighted by Crippen LogP contribution is 2.34. The molecule has 1 amide bonds. The van der Waals surface area contributed by atoms with Gasteiger partial charge in [0.05, 0.1) is 17.4 Å². The van der Waals surface area contributed by atoms with Gasteiger partial charge in [0.2, 0.25) is 11.9 Å². The molecule has 2 aromatic rings. The fraction of sp³-hybridized carbons (Fsp3) is 0.467. The molecule has 1 saturated heterocycles. The molecule has 0 saturated carbocycles. The van der Waals surface area contributed by atoms with Crippen LogP contribution in [0.25, 0.3) is 0 Å². The zero-order valence-corrected chi connectivity index (χ0v) is 14.2. The molecule has 11 heteroatoms. The van der Waals surface area contributed by atoms with Crippen LogP contribution in [0, 0.1) is 6.92 Å². The summed E-state index contributed by atoms with van der Waals surface area (Å²) in [4.78, 5) is 18.9. The lowest BCUT2D eigenvalue weighted by molar-refractivity contribution is -0.137. The van der Waals surface area contributed by atoms with Crippen molar-refractivity contribution in [3.8, 4) is 0 Å². The van der Waals surface area contributed by atoms with Crippen LogP contribution in [0.3, 0.4) is 0 Å². The van der Waals surface area contributed by atoms with Crippen molar-refractivity contribution in [3.63, 3.8) is 0 Å². The quantitative estimate of drug-likeness (QED) is 0.765. The number of hydrogen-bond donors (Lipinski definition) is 3. The van der Waals surface area contributed by atoms with Gasteiger partial charge in [-0.15, -0.1) is 0 Å². The highest BCUT2D eigenvalue weighted by molar-refractivity contribution is 5.76. The van der Waals surface area contributed by atoms with E-state index in [4.69, 9.17) is 0 Å². The van der Waals surface area contributed by atoms with Gasteiger partial charge in [0.25, 0.3) is 0 Å². The summed E-state index contributed by atoms with van der Waals surface area (Å²) in [5.41, 5.74) is 0.302. The number of aromatic nitrogens is 4. The number of anilines is 3. The van der Waals surface area contributed by atoms with E-state index in [1.54, 1.807) is 17.8 Å². The standard InChI is InChI=1S/C15H18F3N7O/c1-8-11(7-25(24-8)9-3-4-12(26)20-5-9)22-14-21-6-10(15(16,17)18)13(19-2)23-14/h6-7,9H,3-5H2,1-2H3,(H,20,26)(H2,19,21,22,23). The average molecular weight is 369 g/mol. The van der Waals surface area contributed by atoms with Crippen LogP contribution in [-0.4, -0.2) is 39.2 Å².